The molecule has 0 saturated heterocycles. The van der Waals surface area contributed by atoms with Crippen molar-refractivity contribution in [1.29, 1.82) is 0 Å². The number of unbranched alkanes of at least 4 members (excludes halogenated alkanes) is 2. The first-order valence-electron chi connectivity index (χ1n) is 10.5. The molecule has 2 unspecified atom stereocenters. The van der Waals surface area contributed by atoms with E-state index in [1.54, 1.807) is 0 Å². The minimum absolute atomic E-state index is 0. The summed E-state index contributed by atoms with van der Waals surface area (Å²) in [4.78, 5) is 0. The number of rotatable bonds is 16. The lowest BCUT2D eigenvalue weighted by Crippen LogP contribution is -2.27. The predicted octanol–water partition coefficient (Wildman–Crippen LogP) is 3.92. The maximum atomic E-state index is 5.39. The molecule has 6 N–H and O–H groups in total. The quantitative estimate of drug-likeness (QED) is 0.306. The van der Waals surface area contributed by atoms with Crippen LogP contribution < -0.4 is 22.1 Å². The van der Waals surface area contributed by atoms with E-state index in [9.17, 15) is 0 Å². The predicted molar refractivity (Wildman–Crippen MR) is 118 cm³/mol. The summed E-state index contributed by atoms with van der Waals surface area (Å²) in [5, 5.41) is 6.74. The summed E-state index contributed by atoms with van der Waals surface area (Å²) in [6.45, 7) is 14.8. The largest absolute Gasteiger partial charge is 0.329 e. The van der Waals surface area contributed by atoms with Gasteiger partial charge < -0.3 is 22.1 Å². The third-order valence-corrected chi connectivity index (χ3v) is 4.59. The Kier molecular flexibility index (Phi) is 31.5. The molecule has 0 rings (SSSR count). The zero-order valence-corrected chi connectivity index (χ0v) is 18.4. The van der Waals surface area contributed by atoms with E-state index in [-0.39, 0.29) is 12.4 Å². The van der Waals surface area contributed by atoms with Crippen molar-refractivity contribution in [2.45, 2.75) is 79.1 Å². The van der Waals surface area contributed by atoms with Gasteiger partial charge in [0.15, 0.2) is 0 Å². The molecule has 0 aliphatic rings. The molecular formula is C20H49ClN4. The monoisotopic (exact) mass is 380 g/mol. The Labute approximate surface area is 165 Å². The second kappa shape index (κ2) is 26.4. The number of hydrogen-bond donors (Lipinski definition) is 4. The first-order valence-corrected chi connectivity index (χ1v) is 10.5. The van der Waals surface area contributed by atoms with E-state index in [1.165, 1.54) is 51.4 Å². The van der Waals surface area contributed by atoms with Crippen molar-refractivity contribution in [3.8, 4) is 0 Å². The Balaban J connectivity index is -0.000000372. The van der Waals surface area contributed by atoms with Crippen molar-refractivity contribution in [1.82, 2.24) is 10.6 Å². The molecule has 0 saturated carbocycles. The Morgan fingerprint density at radius 3 is 1.28 bits per heavy atom. The fraction of sp³-hybridized carbons (Fsp3) is 1.00. The van der Waals surface area contributed by atoms with Crippen LogP contribution in [0, 0.1) is 11.8 Å². The second-order valence-electron chi connectivity index (χ2n) is 6.82. The fourth-order valence-corrected chi connectivity index (χ4v) is 2.70. The van der Waals surface area contributed by atoms with Gasteiger partial charge in [0, 0.05) is 26.2 Å². The van der Waals surface area contributed by atoms with Crippen molar-refractivity contribution >= 4 is 12.4 Å². The lowest BCUT2D eigenvalue weighted by atomic mass is 9.99. The molecular weight excluding hydrogens is 332 g/mol. The Bertz CT molecular complexity index is 196. The minimum atomic E-state index is 0. The van der Waals surface area contributed by atoms with E-state index < -0.39 is 0 Å². The van der Waals surface area contributed by atoms with Crippen LogP contribution in [0.2, 0.25) is 0 Å². The molecule has 0 bridgehead atoms. The molecule has 0 aromatic rings. The topological polar surface area (TPSA) is 76.1 Å². The van der Waals surface area contributed by atoms with E-state index in [1.807, 2.05) is 0 Å². The summed E-state index contributed by atoms with van der Waals surface area (Å²) in [5.41, 5.74) is 10.8. The normalized spacial score (nSPS) is 12.7. The maximum Gasteiger partial charge on any atom is 0.00746 e. The first-order chi connectivity index (χ1) is 11.7. The molecule has 0 aromatic carbocycles. The highest BCUT2D eigenvalue weighted by Gasteiger charge is 2.04. The van der Waals surface area contributed by atoms with Gasteiger partial charge in [0.05, 0.1) is 0 Å². The average molecular weight is 381 g/mol. The zero-order chi connectivity index (χ0) is 18.5. The summed E-state index contributed by atoms with van der Waals surface area (Å²) < 4.78 is 0. The average Bonchev–Trinajstić information content (AvgIpc) is 2.61. The van der Waals surface area contributed by atoms with E-state index in [4.69, 9.17) is 11.5 Å². The van der Waals surface area contributed by atoms with Crippen molar-refractivity contribution < 1.29 is 0 Å². The van der Waals surface area contributed by atoms with Crippen LogP contribution in [-0.4, -0.2) is 39.3 Å². The molecule has 156 valence electrons. The molecule has 4 nitrogen and oxygen atoms in total. The summed E-state index contributed by atoms with van der Waals surface area (Å²) >= 11 is 0. The van der Waals surface area contributed by atoms with Crippen molar-refractivity contribution in [3.63, 3.8) is 0 Å². The van der Waals surface area contributed by atoms with Crippen LogP contribution in [0.3, 0.4) is 0 Å². The number of halogens is 1. The highest BCUT2D eigenvalue weighted by atomic mass is 35.5. The number of hydrogen-bond acceptors (Lipinski definition) is 4. The van der Waals surface area contributed by atoms with Crippen LogP contribution in [0.1, 0.15) is 79.1 Å². The smallest absolute Gasteiger partial charge is 0.00746 e. The van der Waals surface area contributed by atoms with E-state index in [2.05, 4.69) is 38.3 Å². The van der Waals surface area contributed by atoms with E-state index in [0.717, 1.165) is 51.1 Å². The molecule has 0 fully saturated rings. The molecule has 0 radical (unpaired) electrons. The Morgan fingerprint density at radius 1 is 0.680 bits per heavy atom. The number of nitrogens with two attached hydrogens (primary N) is 2. The van der Waals surface area contributed by atoms with Crippen LogP contribution in [0.5, 0.6) is 0 Å². The van der Waals surface area contributed by atoms with Crippen LogP contribution in [0.15, 0.2) is 0 Å². The Hall–Kier alpha value is 0.130. The lowest BCUT2D eigenvalue weighted by molar-refractivity contribution is 0.422. The van der Waals surface area contributed by atoms with E-state index in [0.29, 0.717) is 0 Å². The van der Waals surface area contributed by atoms with Gasteiger partial charge in [-0.2, -0.15) is 0 Å². The van der Waals surface area contributed by atoms with Gasteiger partial charge in [-0.05, 0) is 37.8 Å². The third-order valence-electron chi connectivity index (χ3n) is 4.59. The van der Waals surface area contributed by atoms with Gasteiger partial charge in [-0.3, -0.25) is 0 Å². The molecule has 0 aromatic heterocycles. The van der Waals surface area contributed by atoms with E-state index >= 15 is 0 Å². The Morgan fingerprint density at radius 2 is 1.04 bits per heavy atom. The van der Waals surface area contributed by atoms with Gasteiger partial charge in [0.25, 0.3) is 0 Å². The summed E-state index contributed by atoms with van der Waals surface area (Å²) in [7, 11) is 0. The summed E-state index contributed by atoms with van der Waals surface area (Å²) in [6, 6.07) is 0. The van der Waals surface area contributed by atoms with Gasteiger partial charge in [-0.25, -0.2) is 0 Å². The highest BCUT2D eigenvalue weighted by molar-refractivity contribution is 5.85. The van der Waals surface area contributed by atoms with Gasteiger partial charge in [0.2, 0.25) is 0 Å². The maximum absolute atomic E-state index is 5.39. The fourth-order valence-electron chi connectivity index (χ4n) is 2.70. The third kappa shape index (κ3) is 24.1. The molecule has 2 atom stereocenters. The first kappa shape index (κ1) is 29.9. The number of nitrogens with one attached hydrogen (secondary N) is 2. The molecule has 0 aliphatic heterocycles. The van der Waals surface area contributed by atoms with Crippen LogP contribution in [-0.2, 0) is 0 Å². The van der Waals surface area contributed by atoms with Crippen molar-refractivity contribution in [2.24, 2.45) is 23.3 Å². The van der Waals surface area contributed by atoms with Crippen LogP contribution in [0.4, 0.5) is 0 Å². The van der Waals surface area contributed by atoms with Crippen molar-refractivity contribution in [2.75, 3.05) is 39.3 Å². The molecule has 0 heterocycles. The second-order valence-corrected chi connectivity index (χ2v) is 6.82. The van der Waals surface area contributed by atoms with Crippen LogP contribution >= 0.6 is 12.4 Å². The minimum Gasteiger partial charge on any atom is -0.329 e. The highest BCUT2D eigenvalue weighted by Crippen LogP contribution is 2.11. The molecule has 0 spiro atoms. The SMILES string of the molecule is CCCCC(CC)CNCCN.CCCCC(CC)CNCCN.Cl. The van der Waals surface area contributed by atoms with Gasteiger partial charge >= 0.3 is 0 Å². The van der Waals surface area contributed by atoms with Gasteiger partial charge in [0.1, 0.15) is 0 Å². The molecule has 25 heavy (non-hydrogen) atoms. The summed E-state index contributed by atoms with van der Waals surface area (Å²) in [5.74, 6) is 1.72. The lowest BCUT2D eigenvalue weighted by Gasteiger charge is -2.14. The molecule has 5 heteroatoms. The molecule has 0 amide bonds. The standard InChI is InChI=1S/2C10H24N2.ClH/c2*1-3-5-6-10(4-2)9-12-8-7-11;/h2*10,12H,3-9,11H2,1-2H3;1H. The summed E-state index contributed by atoms with van der Waals surface area (Å²) in [6.07, 6.45) is 10.7. The zero-order valence-electron chi connectivity index (χ0n) is 17.6. The van der Waals surface area contributed by atoms with Crippen molar-refractivity contribution in [3.05, 3.63) is 0 Å². The van der Waals surface area contributed by atoms with Gasteiger partial charge in [-0.15, -0.1) is 12.4 Å². The van der Waals surface area contributed by atoms with Gasteiger partial charge in [-0.1, -0.05) is 66.2 Å². The molecule has 0 aliphatic carbocycles. The van der Waals surface area contributed by atoms with Crippen LogP contribution in [0.25, 0.3) is 0 Å².